The second-order valence-corrected chi connectivity index (χ2v) is 9.95. The van der Waals surface area contributed by atoms with Crippen molar-refractivity contribution in [3.8, 4) is 11.8 Å². The summed E-state index contributed by atoms with van der Waals surface area (Å²) < 4.78 is 10.3. The van der Waals surface area contributed by atoms with Gasteiger partial charge < -0.3 is 20.1 Å². The predicted molar refractivity (Wildman–Crippen MR) is 144 cm³/mol. The molecule has 0 aromatic heterocycles. The summed E-state index contributed by atoms with van der Waals surface area (Å²) >= 11 is 13.7. The summed E-state index contributed by atoms with van der Waals surface area (Å²) in [5.41, 5.74) is 3.09. The van der Waals surface area contributed by atoms with E-state index >= 15 is 0 Å². The molecule has 194 valence electrons. The monoisotopic (exact) mass is 561 g/mol. The third-order valence-electron chi connectivity index (χ3n) is 5.88. The van der Waals surface area contributed by atoms with E-state index < -0.39 is 23.7 Å². The van der Waals surface area contributed by atoms with Crippen LogP contribution in [0.15, 0.2) is 40.9 Å². The van der Waals surface area contributed by atoms with Crippen molar-refractivity contribution in [2.75, 3.05) is 24.8 Å². The molecule has 1 aliphatic heterocycles. The van der Waals surface area contributed by atoms with Gasteiger partial charge in [-0.3, -0.25) is 14.4 Å². The fourth-order valence-corrected chi connectivity index (χ4v) is 5.39. The number of hydrogen-bond donors (Lipinski definition) is 2. The molecule has 0 saturated carbocycles. The molecule has 0 saturated heterocycles. The molecule has 0 unspecified atom stereocenters. The molecular weight excluding hydrogens is 537 g/mol. The molecule has 8 nitrogen and oxygen atoms in total. The number of carbonyl (C=O) groups is 3. The van der Waals surface area contributed by atoms with E-state index in [1.165, 1.54) is 12.1 Å². The van der Waals surface area contributed by atoms with E-state index in [2.05, 4.69) is 16.7 Å². The van der Waals surface area contributed by atoms with Crippen molar-refractivity contribution in [2.24, 2.45) is 5.92 Å². The fraction of sp³-hybridized carbons (Fsp3) is 0.308. The molecule has 2 N–H and O–H groups in total. The van der Waals surface area contributed by atoms with Crippen LogP contribution in [0.3, 0.4) is 0 Å². The van der Waals surface area contributed by atoms with Crippen molar-refractivity contribution in [1.82, 2.24) is 5.32 Å². The predicted octanol–water partition coefficient (Wildman–Crippen LogP) is 5.12. The standard InChI is InChI=1S/C26H25Cl2N3O5S/c1-5-36-23-17(27)9-15(10-18(23)28)21-16(11-29)25(31-24(33)22(21)26(34)35-4)37-12-20(32)30-19-8-6-7-13(2)14(19)3/h6-10,21-22H,5,12H2,1-4H3,(H,30,32)(H,31,33)/t21-,22-/m1/s1. The van der Waals surface area contributed by atoms with Crippen molar-refractivity contribution >= 4 is 58.4 Å². The highest BCUT2D eigenvalue weighted by Gasteiger charge is 2.44. The molecule has 0 bridgehead atoms. The number of aryl methyl sites for hydroxylation is 1. The van der Waals surface area contributed by atoms with Crippen LogP contribution in [-0.2, 0) is 19.1 Å². The first-order valence-electron chi connectivity index (χ1n) is 11.3. The number of anilines is 1. The lowest BCUT2D eigenvalue weighted by Crippen LogP contribution is -2.44. The van der Waals surface area contributed by atoms with Crippen LogP contribution >= 0.6 is 35.0 Å². The van der Waals surface area contributed by atoms with Crippen LogP contribution < -0.4 is 15.4 Å². The van der Waals surface area contributed by atoms with Gasteiger partial charge in [0.1, 0.15) is 5.92 Å². The molecular formula is C26H25Cl2N3O5S. The molecule has 1 aliphatic rings. The largest absolute Gasteiger partial charge is 0.491 e. The van der Waals surface area contributed by atoms with Crippen LogP contribution in [0.25, 0.3) is 0 Å². The van der Waals surface area contributed by atoms with Crippen LogP contribution in [0.1, 0.15) is 29.5 Å². The Bertz CT molecular complexity index is 1300. The molecule has 1 heterocycles. The minimum atomic E-state index is -1.36. The number of methoxy groups -OCH3 is 1. The van der Waals surface area contributed by atoms with Crippen molar-refractivity contribution in [3.63, 3.8) is 0 Å². The number of ether oxygens (including phenoxy) is 2. The second kappa shape index (κ2) is 12.4. The van der Waals surface area contributed by atoms with Crippen molar-refractivity contribution < 1.29 is 23.9 Å². The van der Waals surface area contributed by atoms with Gasteiger partial charge in [0, 0.05) is 11.6 Å². The number of esters is 1. The molecule has 11 heteroatoms. The van der Waals surface area contributed by atoms with Gasteiger partial charge >= 0.3 is 5.97 Å². The maximum atomic E-state index is 13.0. The maximum absolute atomic E-state index is 13.0. The third kappa shape index (κ3) is 6.21. The van der Waals surface area contributed by atoms with Gasteiger partial charge in [-0.05, 0) is 55.7 Å². The number of halogens is 2. The van der Waals surface area contributed by atoms with Gasteiger partial charge in [-0.2, -0.15) is 5.26 Å². The molecule has 3 rings (SSSR count). The number of amides is 2. The summed E-state index contributed by atoms with van der Waals surface area (Å²) in [6, 6.07) is 10.7. The Balaban J connectivity index is 1.97. The van der Waals surface area contributed by atoms with E-state index in [1.54, 1.807) is 13.0 Å². The lowest BCUT2D eigenvalue weighted by molar-refractivity contribution is -0.150. The van der Waals surface area contributed by atoms with Gasteiger partial charge in [-0.15, -0.1) is 0 Å². The average molecular weight is 562 g/mol. The first-order valence-corrected chi connectivity index (χ1v) is 13.0. The number of rotatable bonds is 8. The van der Waals surface area contributed by atoms with Crippen LogP contribution in [0, 0.1) is 31.1 Å². The molecule has 2 aromatic rings. The van der Waals surface area contributed by atoms with Crippen LogP contribution in [-0.4, -0.2) is 37.3 Å². The molecule has 0 radical (unpaired) electrons. The number of nitrogens with one attached hydrogen (secondary N) is 2. The number of thioether (sulfide) groups is 1. The molecule has 0 aliphatic carbocycles. The lowest BCUT2D eigenvalue weighted by Gasteiger charge is -2.31. The molecule has 37 heavy (non-hydrogen) atoms. The van der Waals surface area contributed by atoms with E-state index in [4.69, 9.17) is 32.7 Å². The van der Waals surface area contributed by atoms with Crippen LogP contribution in [0.4, 0.5) is 5.69 Å². The topological polar surface area (TPSA) is 118 Å². The summed E-state index contributed by atoms with van der Waals surface area (Å²) in [5, 5.41) is 16.0. The number of allylic oxidation sites excluding steroid dienone is 1. The third-order valence-corrected chi connectivity index (χ3v) is 7.46. The highest BCUT2D eigenvalue weighted by Crippen LogP contribution is 2.44. The number of nitrogens with zero attached hydrogens (tertiary/aromatic N) is 1. The minimum Gasteiger partial charge on any atom is -0.491 e. The normalized spacial score (nSPS) is 17.1. The number of carbonyl (C=O) groups excluding carboxylic acids is 3. The Morgan fingerprint density at radius 3 is 2.49 bits per heavy atom. The average Bonchev–Trinajstić information content (AvgIpc) is 2.86. The summed E-state index contributed by atoms with van der Waals surface area (Å²) in [7, 11) is 1.16. The molecule has 0 fully saturated rings. The molecule has 2 aromatic carbocycles. The summed E-state index contributed by atoms with van der Waals surface area (Å²) in [4.78, 5) is 38.3. The minimum absolute atomic E-state index is 0.0795. The SMILES string of the molecule is CCOc1c(Cl)cc([C@@H]2C(C#N)=C(SCC(=O)Nc3cccc(C)c3C)NC(=O)[C@@H]2C(=O)OC)cc1Cl. The van der Waals surface area contributed by atoms with Crippen molar-refractivity contribution in [1.29, 1.82) is 5.26 Å². The van der Waals surface area contributed by atoms with Crippen LogP contribution in [0.5, 0.6) is 5.75 Å². The Morgan fingerprint density at radius 2 is 1.89 bits per heavy atom. The Kier molecular flexibility index (Phi) is 9.49. The zero-order chi connectivity index (χ0) is 27.3. The van der Waals surface area contributed by atoms with E-state index in [9.17, 15) is 19.6 Å². The van der Waals surface area contributed by atoms with Crippen LogP contribution in [0.2, 0.25) is 10.0 Å². The van der Waals surface area contributed by atoms with E-state index in [0.717, 1.165) is 30.0 Å². The number of nitriles is 1. The Hall–Kier alpha value is -3.19. The Morgan fingerprint density at radius 1 is 1.22 bits per heavy atom. The lowest BCUT2D eigenvalue weighted by atomic mass is 9.78. The highest BCUT2D eigenvalue weighted by atomic mass is 35.5. The molecule has 2 amide bonds. The van der Waals surface area contributed by atoms with Gasteiger partial charge in [0.05, 0.1) is 46.2 Å². The van der Waals surface area contributed by atoms with Gasteiger partial charge in [-0.1, -0.05) is 47.1 Å². The second-order valence-electron chi connectivity index (χ2n) is 8.15. The number of benzene rings is 2. The molecule has 0 spiro atoms. The highest BCUT2D eigenvalue weighted by molar-refractivity contribution is 8.03. The van der Waals surface area contributed by atoms with E-state index in [-0.39, 0.29) is 38.1 Å². The van der Waals surface area contributed by atoms with Gasteiger partial charge in [-0.25, -0.2) is 0 Å². The zero-order valence-corrected chi connectivity index (χ0v) is 22.9. The van der Waals surface area contributed by atoms with Crippen molar-refractivity contribution in [2.45, 2.75) is 26.7 Å². The van der Waals surface area contributed by atoms with Gasteiger partial charge in [0.15, 0.2) is 5.75 Å². The van der Waals surface area contributed by atoms with Crippen molar-refractivity contribution in [3.05, 3.63) is 67.7 Å². The summed E-state index contributed by atoms with van der Waals surface area (Å²) in [6.45, 7) is 5.94. The molecule has 2 atom stereocenters. The van der Waals surface area contributed by atoms with Gasteiger partial charge in [0.25, 0.3) is 0 Å². The van der Waals surface area contributed by atoms with E-state index in [0.29, 0.717) is 17.9 Å². The summed E-state index contributed by atoms with van der Waals surface area (Å²) in [5.74, 6) is -4.06. The van der Waals surface area contributed by atoms with E-state index in [1.807, 2.05) is 26.0 Å². The smallest absolute Gasteiger partial charge is 0.319 e. The maximum Gasteiger partial charge on any atom is 0.319 e. The summed E-state index contributed by atoms with van der Waals surface area (Å²) in [6.07, 6.45) is 0. The fourth-order valence-electron chi connectivity index (χ4n) is 3.93. The first kappa shape index (κ1) is 28.4. The first-order chi connectivity index (χ1) is 17.6. The zero-order valence-electron chi connectivity index (χ0n) is 20.6. The Labute approximate surface area is 229 Å². The number of hydrogen-bond acceptors (Lipinski definition) is 7. The van der Waals surface area contributed by atoms with Gasteiger partial charge in [0.2, 0.25) is 11.8 Å². The quantitative estimate of drug-likeness (QED) is 0.339.